The van der Waals surface area contributed by atoms with Gasteiger partial charge in [0.15, 0.2) is 28.5 Å². The summed E-state index contributed by atoms with van der Waals surface area (Å²) < 4.78 is 52.7. The molecule has 0 saturated heterocycles. The predicted octanol–water partition coefficient (Wildman–Crippen LogP) is 5.65. The number of carbonyl (C=O) groups excluding carboxylic acids is 1. The third kappa shape index (κ3) is 4.36. The molecule has 7 nitrogen and oxygen atoms in total. The van der Waals surface area contributed by atoms with Gasteiger partial charge in [0.05, 0.1) is 19.9 Å². The second-order valence-corrected chi connectivity index (χ2v) is 7.67. The highest BCUT2D eigenvalue weighted by Crippen LogP contribution is 2.35. The van der Waals surface area contributed by atoms with Crippen molar-refractivity contribution < 1.29 is 27.4 Å². The van der Waals surface area contributed by atoms with E-state index in [1.807, 2.05) is 0 Å². The van der Waals surface area contributed by atoms with Crippen molar-refractivity contribution in [3.05, 3.63) is 70.5 Å². The Kier molecular flexibility index (Phi) is 6.09. The van der Waals surface area contributed by atoms with E-state index < -0.39 is 17.8 Å². The number of hydrogen-bond acceptors (Lipinski definition) is 5. The number of nitrogens with one attached hydrogen (secondary N) is 1. The number of anilines is 1. The molecule has 0 radical (unpaired) electrons. The first kappa shape index (κ1) is 23.4. The maximum Gasteiger partial charge on any atom is 0.433 e. The fourth-order valence-electron chi connectivity index (χ4n) is 3.36. The number of methoxy groups -OCH3 is 2. The average Bonchev–Trinajstić information content (AvgIpc) is 3.24. The third-order valence-electron chi connectivity index (χ3n) is 5.15. The molecule has 0 saturated carbocycles. The van der Waals surface area contributed by atoms with Gasteiger partial charge in [0, 0.05) is 22.3 Å². The number of fused-ring (bicyclic) bond motifs is 1. The van der Waals surface area contributed by atoms with Crippen LogP contribution in [0.4, 0.5) is 18.9 Å². The molecule has 0 spiro atoms. The van der Waals surface area contributed by atoms with Crippen molar-refractivity contribution in [3.8, 4) is 22.8 Å². The zero-order chi connectivity index (χ0) is 24.6. The van der Waals surface area contributed by atoms with Crippen LogP contribution in [0.2, 0.25) is 5.02 Å². The Balaban J connectivity index is 1.80. The first-order chi connectivity index (χ1) is 16.1. The molecule has 0 aliphatic rings. The standard InChI is InChI=1S/C23H18ClF3N4O3/c1-12-14(24)5-4-6-15(12)29-22(32)17-11-21-28-16(10-20(23(25,26)27)31(21)30-17)13-7-8-18(33-2)19(9-13)34-3/h4-11H,1-3H3,(H,29,32). The number of ether oxygens (including phenoxy) is 2. The van der Waals surface area contributed by atoms with Gasteiger partial charge in [-0.25, -0.2) is 9.50 Å². The van der Waals surface area contributed by atoms with Crippen LogP contribution in [0, 0.1) is 6.92 Å². The van der Waals surface area contributed by atoms with Gasteiger partial charge in [-0.2, -0.15) is 18.3 Å². The Morgan fingerprint density at radius 2 is 1.79 bits per heavy atom. The zero-order valence-electron chi connectivity index (χ0n) is 18.2. The van der Waals surface area contributed by atoms with Crippen LogP contribution >= 0.6 is 11.6 Å². The summed E-state index contributed by atoms with van der Waals surface area (Å²) in [7, 11) is 2.87. The van der Waals surface area contributed by atoms with Crippen molar-refractivity contribution >= 4 is 28.8 Å². The van der Waals surface area contributed by atoms with E-state index in [1.54, 1.807) is 37.3 Å². The lowest BCUT2D eigenvalue weighted by molar-refractivity contribution is -0.142. The van der Waals surface area contributed by atoms with E-state index >= 15 is 0 Å². The molecule has 0 atom stereocenters. The van der Waals surface area contributed by atoms with Crippen molar-refractivity contribution in [2.24, 2.45) is 0 Å². The molecule has 0 unspecified atom stereocenters. The van der Waals surface area contributed by atoms with Gasteiger partial charge in [-0.1, -0.05) is 17.7 Å². The molecule has 1 N–H and O–H groups in total. The van der Waals surface area contributed by atoms with Crippen molar-refractivity contribution in [1.82, 2.24) is 14.6 Å². The summed E-state index contributed by atoms with van der Waals surface area (Å²) in [5.41, 5.74) is -0.0314. The molecule has 2 aromatic carbocycles. The number of alkyl halides is 3. The van der Waals surface area contributed by atoms with Gasteiger partial charge in [-0.3, -0.25) is 4.79 Å². The van der Waals surface area contributed by atoms with Gasteiger partial charge >= 0.3 is 6.18 Å². The molecule has 2 heterocycles. The van der Waals surface area contributed by atoms with E-state index in [9.17, 15) is 18.0 Å². The van der Waals surface area contributed by atoms with Crippen LogP contribution in [0.3, 0.4) is 0 Å². The molecule has 2 aromatic heterocycles. The largest absolute Gasteiger partial charge is 0.493 e. The summed E-state index contributed by atoms with van der Waals surface area (Å²) >= 11 is 6.07. The molecule has 176 valence electrons. The highest BCUT2D eigenvalue weighted by atomic mass is 35.5. The van der Waals surface area contributed by atoms with Crippen molar-refractivity contribution in [2.75, 3.05) is 19.5 Å². The lowest BCUT2D eigenvalue weighted by Gasteiger charge is -2.12. The number of rotatable bonds is 5. The topological polar surface area (TPSA) is 77.8 Å². The van der Waals surface area contributed by atoms with Crippen molar-refractivity contribution in [1.29, 1.82) is 0 Å². The lowest BCUT2D eigenvalue weighted by atomic mass is 10.1. The first-order valence-electron chi connectivity index (χ1n) is 9.89. The minimum atomic E-state index is -4.75. The number of nitrogens with zero attached hydrogens (tertiary/aromatic N) is 3. The highest BCUT2D eigenvalue weighted by molar-refractivity contribution is 6.31. The van der Waals surface area contributed by atoms with Crippen LogP contribution in [0.5, 0.6) is 11.5 Å². The van der Waals surface area contributed by atoms with Gasteiger partial charge in [0.1, 0.15) is 0 Å². The summed E-state index contributed by atoms with van der Waals surface area (Å²) in [5.74, 6) is 0.0559. The van der Waals surface area contributed by atoms with E-state index in [-0.39, 0.29) is 17.0 Å². The van der Waals surface area contributed by atoms with Crippen LogP contribution in [-0.4, -0.2) is 34.7 Å². The zero-order valence-corrected chi connectivity index (χ0v) is 19.0. The van der Waals surface area contributed by atoms with E-state index in [4.69, 9.17) is 21.1 Å². The molecule has 0 aliphatic carbocycles. The van der Waals surface area contributed by atoms with E-state index in [0.717, 1.165) is 6.07 Å². The van der Waals surface area contributed by atoms with E-state index in [1.165, 1.54) is 26.4 Å². The number of hydrogen-bond donors (Lipinski definition) is 1. The fourth-order valence-corrected chi connectivity index (χ4v) is 3.53. The van der Waals surface area contributed by atoms with Crippen LogP contribution in [0.25, 0.3) is 16.9 Å². The molecule has 0 aliphatic heterocycles. The quantitative estimate of drug-likeness (QED) is 0.391. The van der Waals surface area contributed by atoms with Gasteiger partial charge in [-0.15, -0.1) is 0 Å². The van der Waals surface area contributed by atoms with Gasteiger partial charge < -0.3 is 14.8 Å². The van der Waals surface area contributed by atoms with Crippen LogP contribution in [-0.2, 0) is 6.18 Å². The summed E-state index contributed by atoms with van der Waals surface area (Å²) in [6, 6.07) is 11.6. The van der Waals surface area contributed by atoms with E-state index in [2.05, 4.69) is 15.4 Å². The molecule has 4 rings (SSSR count). The second kappa shape index (κ2) is 8.86. The summed E-state index contributed by atoms with van der Waals surface area (Å²) in [6.07, 6.45) is -4.75. The summed E-state index contributed by atoms with van der Waals surface area (Å²) in [5, 5.41) is 6.93. The number of amides is 1. The van der Waals surface area contributed by atoms with Crippen LogP contribution in [0.15, 0.2) is 48.5 Å². The van der Waals surface area contributed by atoms with Crippen LogP contribution < -0.4 is 14.8 Å². The average molecular weight is 491 g/mol. The minimum Gasteiger partial charge on any atom is -0.493 e. The fraction of sp³-hybridized carbons (Fsp3) is 0.174. The Bertz CT molecular complexity index is 1400. The van der Waals surface area contributed by atoms with Gasteiger partial charge in [0.2, 0.25) is 0 Å². The Labute approximate surface area is 197 Å². The minimum absolute atomic E-state index is 0.0262. The van der Waals surface area contributed by atoms with Gasteiger partial charge in [-0.05, 0) is 48.9 Å². The van der Waals surface area contributed by atoms with Crippen LogP contribution in [0.1, 0.15) is 21.7 Å². The SMILES string of the molecule is COc1ccc(-c2cc(C(F)(F)F)n3nc(C(=O)Nc4cccc(Cl)c4C)cc3n2)cc1OC. The first-order valence-corrected chi connectivity index (χ1v) is 10.3. The molecule has 0 bridgehead atoms. The number of benzene rings is 2. The Morgan fingerprint density at radius 1 is 1.06 bits per heavy atom. The maximum atomic E-state index is 13.9. The normalized spacial score (nSPS) is 11.5. The smallest absolute Gasteiger partial charge is 0.433 e. The van der Waals surface area contributed by atoms with Crippen molar-refractivity contribution in [3.63, 3.8) is 0 Å². The Morgan fingerprint density at radius 3 is 2.47 bits per heavy atom. The molecule has 0 fully saturated rings. The Hall–Kier alpha value is -3.79. The number of carbonyl (C=O) groups is 1. The number of halogens is 4. The van der Waals surface area contributed by atoms with E-state index in [0.29, 0.717) is 37.9 Å². The molecule has 4 aromatic rings. The molecular weight excluding hydrogens is 473 g/mol. The highest BCUT2D eigenvalue weighted by Gasteiger charge is 2.35. The molecule has 1 amide bonds. The number of aromatic nitrogens is 3. The maximum absolute atomic E-state index is 13.9. The monoisotopic (exact) mass is 490 g/mol. The predicted molar refractivity (Wildman–Crippen MR) is 121 cm³/mol. The summed E-state index contributed by atoms with van der Waals surface area (Å²) in [6.45, 7) is 1.71. The van der Waals surface area contributed by atoms with Gasteiger partial charge in [0.25, 0.3) is 5.91 Å². The lowest BCUT2D eigenvalue weighted by Crippen LogP contribution is -2.16. The molecule has 34 heavy (non-hydrogen) atoms. The molecular formula is C23H18ClF3N4O3. The molecule has 11 heteroatoms. The third-order valence-corrected chi connectivity index (χ3v) is 5.55. The second-order valence-electron chi connectivity index (χ2n) is 7.26. The van der Waals surface area contributed by atoms with Crippen molar-refractivity contribution in [2.45, 2.75) is 13.1 Å². The summed E-state index contributed by atoms with van der Waals surface area (Å²) in [4.78, 5) is 17.0.